The molecule has 0 aliphatic heterocycles. The fraction of sp³-hybridized carbons (Fsp3) is 0.0769. The van der Waals surface area contributed by atoms with Crippen molar-refractivity contribution in [3.05, 3.63) is 58.9 Å². The average molecular weight is 275 g/mol. The second-order valence-electron chi connectivity index (χ2n) is 3.64. The van der Waals surface area contributed by atoms with Gasteiger partial charge >= 0.3 is 6.18 Å². The molecule has 5 heteroatoms. The van der Waals surface area contributed by atoms with Crippen molar-refractivity contribution in [1.82, 2.24) is 0 Å². The third-order valence-electron chi connectivity index (χ3n) is 2.46. The molecule has 0 atom stereocenters. The lowest BCUT2D eigenvalue weighted by Gasteiger charge is -2.15. The summed E-state index contributed by atoms with van der Waals surface area (Å²) in [6.45, 7) is 0. The Morgan fingerprint density at radius 2 is 1.44 bits per heavy atom. The van der Waals surface area contributed by atoms with Crippen LogP contribution in [0.5, 0.6) is 0 Å². The summed E-state index contributed by atoms with van der Waals surface area (Å²) in [6, 6.07) is 8.98. The van der Waals surface area contributed by atoms with Crippen LogP contribution in [-0.4, -0.2) is 0 Å². The molecule has 0 heterocycles. The number of alkyl halides is 3. The van der Waals surface area contributed by atoms with E-state index < -0.39 is 22.6 Å². The highest BCUT2D eigenvalue weighted by molar-refractivity contribution is 6.31. The molecular weight excluding hydrogens is 268 g/mol. The first kappa shape index (κ1) is 12.9. The summed E-state index contributed by atoms with van der Waals surface area (Å²) in [5, 5.41) is -0.441. The molecule has 0 nitrogen and oxygen atoms in total. The van der Waals surface area contributed by atoms with Crippen LogP contribution in [0.1, 0.15) is 5.56 Å². The number of hydrogen-bond acceptors (Lipinski definition) is 0. The minimum atomic E-state index is -4.63. The molecule has 94 valence electrons. The highest BCUT2D eigenvalue weighted by Crippen LogP contribution is 2.41. The molecule has 0 unspecified atom stereocenters. The van der Waals surface area contributed by atoms with Gasteiger partial charge in [0.25, 0.3) is 0 Å². The molecule has 0 aliphatic rings. The van der Waals surface area contributed by atoms with E-state index in [2.05, 4.69) is 0 Å². The zero-order valence-corrected chi connectivity index (χ0v) is 9.69. The van der Waals surface area contributed by atoms with Crippen LogP contribution in [-0.2, 0) is 6.18 Å². The normalized spacial score (nSPS) is 11.6. The minimum Gasteiger partial charge on any atom is -0.206 e. The Balaban J connectivity index is 2.73. The molecule has 2 aromatic carbocycles. The van der Waals surface area contributed by atoms with Gasteiger partial charge in [-0.15, -0.1) is 0 Å². The Bertz CT molecular complexity index is 575. The zero-order valence-electron chi connectivity index (χ0n) is 8.93. The number of benzene rings is 2. The lowest BCUT2D eigenvalue weighted by molar-refractivity contribution is -0.137. The predicted molar refractivity (Wildman–Crippen MR) is 61.8 cm³/mol. The second-order valence-corrected chi connectivity index (χ2v) is 4.05. The van der Waals surface area contributed by atoms with Gasteiger partial charge in [-0.3, -0.25) is 0 Å². The maximum absolute atomic E-state index is 13.6. The van der Waals surface area contributed by atoms with Crippen LogP contribution in [0.3, 0.4) is 0 Å². The van der Waals surface area contributed by atoms with Crippen molar-refractivity contribution >= 4 is 11.6 Å². The van der Waals surface area contributed by atoms with E-state index >= 15 is 0 Å². The van der Waals surface area contributed by atoms with Crippen molar-refractivity contribution in [3.8, 4) is 11.1 Å². The van der Waals surface area contributed by atoms with E-state index in [0.717, 1.165) is 12.1 Å². The molecule has 0 saturated carbocycles. The van der Waals surface area contributed by atoms with Gasteiger partial charge in [-0.1, -0.05) is 41.9 Å². The maximum atomic E-state index is 13.6. The van der Waals surface area contributed by atoms with Crippen LogP contribution in [0.2, 0.25) is 5.02 Å². The topological polar surface area (TPSA) is 0 Å². The van der Waals surface area contributed by atoms with Crippen LogP contribution < -0.4 is 0 Å². The summed E-state index contributed by atoms with van der Waals surface area (Å²) in [5.74, 6) is -0.717. The van der Waals surface area contributed by atoms with Crippen molar-refractivity contribution in [2.24, 2.45) is 0 Å². The van der Waals surface area contributed by atoms with Crippen molar-refractivity contribution in [2.75, 3.05) is 0 Å². The first-order valence-corrected chi connectivity index (χ1v) is 5.39. The Labute approximate surface area is 106 Å². The third-order valence-corrected chi connectivity index (χ3v) is 2.78. The van der Waals surface area contributed by atoms with E-state index in [4.69, 9.17) is 11.6 Å². The van der Waals surface area contributed by atoms with Crippen molar-refractivity contribution in [2.45, 2.75) is 6.18 Å². The molecule has 0 amide bonds. The lowest BCUT2D eigenvalue weighted by atomic mass is 9.99. The molecule has 0 bridgehead atoms. The Hall–Kier alpha value is -1.55. The third kappa shape index (κ3) is 2.34. The van der Waals surface area contributed by atoms with Crippen LogP contribution in [0.25, 0.3) is 11.1 Å². The van der Waals surface area contributed by atoms with Gasteiger partial charge < -0.3 is 0 Å². The highest BCUT2D eigenvalue weighted by atomic mass is 35.5. The summed E-state index contributed by atoms with van der Waals surface area (Å²) in [7, 11) is 0. The van der Waals surface area contributed by atoms with Crippen LogP contribution in [0.4, 0.5) is 17.6 Å². The Morgan fingerprint density at radius 1 is 0.833 bits per heavy atom. The Morgan fingerprint density at radius 3 is 2.06 bits per heavy atom. The van der Waals surface area contributed by atoms with Gasteiger partial charge in [0.2, 0.25) is 0 Å². The molecule has 0 spiro atoms. The zero-order chi connectivity index (χ0) is 13.3. The van der Waals surface area contributed by atoms with E-state index in [1.54, 1.807) is 0 Å². The standard InChI is InChI=1S/C13H7ClF4/c14-10-6-3-5-9(12(10)13(16,17)18)8-4-1-2-7-11(8)15/h1-7H. The fourth-order valence-electron chi connectivity index (χ4n) is 1.72. The molecule has 2 rings (SSSR count). The van der Waals surface area contributed by atoms with Crippen LogP contribution in [0, 0.1) is 5.82 Å². The maximum Gasteiger partial charge on any atom is 0.418 e. The first-order valence-electron chi connectivity index (χ1n) is 5.02. The summed E-state index contributed by atoms with van der Waals surface area (Å²) in [4.78, 5) is 0. The summed E-state index contributed by atoms with van der Waals surface area (Å²) < 4.78 is 52.3. The predicted octanol–water partition coefficient (Wildman–Crippen LogP) is 5.16. The molecule has 0 aliphatic carbocycles. The monoisotopic (exact) mass is 274 g/mol. The summed E-state index contributed by atoms with van der Waals surface area (Å²) >= 11 is 5.57. The molecule has 0 N–H and O–H groups in total. The number of halogens is 5. The van der Waals surface area contributed by atoms with Crippen molar-refractivity contribution in [1.29, 1.82) is 0 Å². The van der Waals surface area contributed by atoms with Crippen LogP contribution >= 0.6 is 11.6 Å². The van der Waals surface area contributed by atoms with E-state index in [1.165, 1.54) is 30.3 Å². The van der Waals surface area contributed by atoms with Crippen LogP contribution in [0.15, 0.2) is 42.5 Å². The average Bonchev–Trinajstić information content (AvgIpc) is 2.27. The fourth-order valence-corrected chi connectivity index (χ4v) is 2.00. The van der Waals surface area contributed by atoms with Gasteiger partial charge in [0.15, 0.2) is 0 Å². The van der Waals surface area contributed by atoms with Gasteiger partial charge in [-0.2, -0.15) is 13.2 Å². The van der Waals surface area contributed by atoms with Gasteiger partial charge in [-0.05, 0) is 17.7 Å². The van der Waals surface area contributed by atoms with Gasteiger partial charge in [0, 0.05) is 5.56 Å². The van der Waals surface area contributed by atoms with E-state index in [1.807, 2.05) is 0 Å². The van der Waals surface area contributed by atoms with Crippen molar-refractivity contribution in [3.63, 3.8) is 0 Å². The van der Waals surface area contributed by atoms with E-state index in [0.29, 0.717) is 0 Å². The second kappa shape index (κ2) is 4.61. The van der Waals surface area contributed by atoms with Gasteiger partial charge in [0.05, 0.1) is 10.6 Å². The first-order chi connectivity index (χ1) is 8.41. The van der Waals surface area contributed by atoms with E-state index in [-0.39, 0.29) is 11.1 Å². The molecule has 0 aromatic heterocycles. The molecular formula is C13H7ClF4. The summed E-state index contributed by atoms with van der Waals surface area (Å²) in [6.07, 6.45) is -4.63. The van der Waals surface area contributed by atoms with Gasteiger partial charge in [0.1, 0.15) is 5.82 Å². The molecule has 0 fully saturated rings. The quantitative estimate of drug-likeness (QED) is 0.630. The molecule has 2 aromatic rings. The smallest absolute Gasteiger partial charge is 0.206 e. The lowest BCUT2D eigenvalue weighted by Crippen LogP contribution is -2.08. The highest BCUT2D eigenvalue weighted by Gasteiger charge is 2.36. The van der Waals surface area contributed by atoms with E-state index in [9.17, 15) is 17.6 Å². The summed E-state index contributed by atoms with van der Waals surface area (Å²) in [5.41, 5.74) is -1.39. The largest absolute Gasteiger partial charge is 0.418 e. The molecule has 18 heavy (non-hydrogen) atoms. The van der Waals surface area contributed by atoms with Crippen molar-refractivity contribution < 1.29 is 17.6 Å². The van der Waals surface area contributed by atoms with Gasteiger partial charge in [-0.25, -0.2) is 4.39 Å². The minimum absolute atomic E-state index is 0.118. The number of hydrogen-bond donors (Lipinski definition) is 0. The Kier molecular flexibility index (Phi) is 3.30. The molecule has 0 saturated heterocycles. The SMILES string of the molecule is Fc1ccccc1-c1cccc(Cl)c1C(F)(F)F. The number of rotatable bonds is 1. The molecule has 0 radical (unpaired) electrons.